The lowest BCUT2D eigenvalue weighted by Crippen LogP contribution is -2.51. The van der Waals surface area contributed by atoms with E-state index in [1.165, 1.54) is 11.0 Å². The first kappa shape index (κ1) is 16.9. The minimum Gasteiger partial charge on any atom is -0.368 e. The fourth-order valence-electron chi connectivity index (χ4n) is 2.73. The van der Waals surface area contributed by atoms with Crippen LogP contribution in [0.15, 0.2) is 48.5 Å². The Morgan fingerprint density at radius 3 is 2.04 bits per heavy atom. The molecule has 7 heteroatoms. The predicted octanol–water partition coefficient (Wildman–Crippen LogP) is 2.25. The standard InChI is InChI=1S/C18H17F2N3O2/c19-14-7-4-8-15(20)16(14)21-17(24)18(25)23-11-9-22(10-12-23)13-5-2-1-3-6-13/h1-8H,9-12H2,(H,21,24). The number of carbonyl (C=O) groups excluding carboxylic acids is 2. The first-order valence-corrected chi connectivity index (χ1v) is 7.90. The summed E-state index contributed by atoms with van der Waals surface area (Å²) in [7, 11) is 0. The van der Waals surface area contributed by atoms with Crippen LogP contribution in [-0.2, 0) is 9.59 Å². The zero-order valence-electron chi connectivity index (χ0n) is 13.4. The van der Waals surface area contributed by atoms with E-state index in [4.69, 9.17) is 0 Å². The lowest BCUT2D eigenvalue weighted by molar-refractivity contribution is -0.143. The molecule has 5 nitrogen and oxygen atoms in total. The molecule has 0 bridgehead atoms. The molecule has 25 heavy (non-hydrogen) atoms. The molecule has 2 amide bonds. The van der Waals surface area contributed by atoms with Gasteiger partial charge in [-0.1, -0.05) is 24.3 Å². The summed E-state index contributed by atoms with van der Waals surface area (Å²) < 4.78 is 27.1. The summed E-state index contributed by atoms with van der Waals surface area (Å²) in [5.41, 5.74) is 0.441. The number of hydrogen-bond donors (Lipinski definition) is 1. The molecular weight excluding hydrogens is 328 g/mol. The third-order valence-electron chi connectivity index (χ3n) is 4.08. The summed E-state index contributed by atoms with van der Waals surface area (Å²) in [5.74, 6) is -3.68. The van der Waals surface area contributed by atoms with E-state index in [-0.39, 0.29) is 0 Å². The molecule has 0 spiro atoms. The minimum atomic E-state index is -1.04. The second-order valence-electron chi connectivity index (χ2n) is 5.67. The molecule has 0 atom stereocenters. The minimum absolute atomic E-state index is 0.362. The number of nitrogens with zero attached hydrogens (tertiary/aromatic N) is 2. The van der Waals surface area contributed by atoms with E-state index in [0.717, 1.165) is 17.8 Å². The van der Waals surface area contributed by atoms with Crippen LogP contribution in [0.2, 0.25) is 0 Å². The molecule has 0 radical (unpaired) electrons. The number of amides is 2. The summed E-state index contributed by atoms with van der Waals surface area (Å²) in [6, 6.07) is 13.0. The summed E-state index contributed by atoms with van der Waals surface area (Å²) >= 11 is 0. The number of nitrogens with one attached hydrogen (secondary N) is 1. The zero-order valence-corrected chi connectivity index (χ0v) is 13.4. The van der Waals surface area contributed by atoms with Crippen LogP contribution in [0.1, 0.15) is 0 Å². The first-order chi connectivity index (χ1) is 12.1. The zero-order chi connectivity index (χ0) is 17.8. The number of para-hydroxylation sites is 2. The Morgan fingerprint density at radius 1 is 0.840 bits per heavy atom. The molecule has 0 unspecified atom stereocenters. The summed E-state index contributed by atoms with van der Waals surface area (Å²) in [4.78, 5) is 27.7. The van der Waals surface area contributed by atoms with Crippen LogP contribution in [0, 0.1) is 11.6 Å². The average molecular weight is 345 g/mol. The monoisotopic (exact) mass is 345 g/mol. The van der Waals surface area contributed by atoms with Gasteiger partial charge in [0.2, 0.25) is 0 Å². The molecule has 130 valence electrons. The maximum absolute atomic E-state index is 13.6. The van der Waals surface area contributed by atoms with Gasteiger partial charge in [-0.05, 0) is 24.3 Å². The molecule has 1 aliphatic heterocycles. The van der Waals surface area contributed by atoms with Crippen molar-refractivity contribution in [3.05, 3.63) is 60.2 Å². The molecule has 1 fully saturated rings. The molecule has 0 aromatic heterocycles. The first-order valence-electron chi connectivity index (χ1n) is 7.90. The second kappa shape index (κ2) is 7.29. The molecule has 2 aromatic rings. The van der Waals surface area contributed by atoms with Crippen LogP contribution < -0.4 is 10.2 Å². The van der Waals surface area contributed by atoms with E-state index in [9.17, 15) is 18.4 Å². The van der Waals surface area contributed by atoms with Gasteiger partial charge < -0.3 is 15.1 Å². The van der Waals surface area contributed by atoms with Crippen molar-refractivity contribution in [2.45, 2.75) is 0 Å². The smallest absolute Gasteiger partial charge is 0.314 e. The number of anilines is 2. The van der Waals surface area contributed by atoms with Gasteiger partial charge in [-0.15, -0.1) is 0 Å². The highest BCUT2D eigenvalue weighted by molar-refractivity contribution is 6.39. The van der Waals surface area contributed by atoms with Crippen molar-refractivity contribution < 1.29 is 18.4 Å². The third-order valence-corrected chi connectivity index (χ3v) is 4.08. The van der Waals surface area contributed by atoms with Gasteiger partial charge in [0, 0.05) is 31.9 Å². The van der Waals surface area contributed by atoms with E-state index < -0.39 is 29.1 Å². The second-order valence-corrected chi connectivity index (χ2v) is 5.67. The van der Waals surface area contributed by atoms with Crippen LogP contribution in [0.4, 0.5) is 20.2 Å². The van der Waals surface area contributed by atoms with Gasteiger partial charge in [0.05, 0.1) is 0 Å². The Labute approximate surface area is 143 Å². The molecule has 1 N–H and O–H groups in total. The molecule has 2 aromatic carbocycles. The van der Waals surface area contributed by atoms with E-state index >= 15 is 0 Å². The Kier molecular flexibility index (Phi) is 4.92. The number of halogens is 2. The highest BCUT2D eigenvalue weighted by Crippen LogP contribution is 2.19. The Bertz CT molecular complexity index is 755. The maximum Gasteiger partial charge on any atom is 0.314 e. The SMILES string of the molecule is O=C(Nc1c(F)cccc1F)C(=O)N1CCN(c2ccccc2)CC1. The summed E-state index contributed by atoms with van der Waals surface area (Å²) in [5, 5.41) is 2.02. The Balaban J connectivity index is 1.60. The van der Waals surface area contributed by atoms with Crippen LogP contribution in [0.3, 0.4) is 0 Å². The van der Waals surface area contributed by atoms with Gasteiger partial charge >= 0.3 is 11.8 Å². The van der Waals surface area contributed by atoms with E-state index in [1.54, 1.807) is 0 Å². The number of piperazine rings is 1. The molecule has 0 aliphatic carbocycles. The van der Waals surface area contributed by atoms with Crippen molar-refractivity contribution in [2.24, 2.45) is 0 Å². The molecule has 1 saturated heterocycles. The van der Waals surface area contributed by atoms with Crippen LogP contribution in [-0.4, -0.2) is 42.9 Å². The van der Waals surface area contributed by atoms with Gasteiger partial charge in [0.1, 0.15) is 17.3 Å². The van der Waals surface area contributed by atoms with Gasteiger partial charge in [-0.3, -0.25) is 9.59 Å². The largest absolute Gasteiger partial charge is 0.368 e. The lowest BCUT2D eigenvalue weighted by Gasteiger charge is -2.35. The van der Waals surface area contributed by atoms with Crippen LogP contribution in [0.5, 0.6) is 0 Å². The number of carbonyl (C=O) groups is 2. The quantitative estimate of drug-likeness (QED) is 0.850. The topological polar surface area (TPSA) is 52.7 Å². The number of benzene rings is 2. The highest BCUT2D eigenvalue weighted by atomic mass is 19.1. The van der Waals surface area contributed by atoms with Crippen molar-refractivity contribution in [2.75, 3.05) is 36.4 Å². The van der Waals surface area contributed by atoms with Crippen molar-refractivity contribution in [1.29, 1.82) is 0 Å². The average Bonchev–Trinajstić information content (AvgIpc) is 2.65. The third kappa shape index (κ3) is 3.76. The van der Waals surface area contributed by atoms with E-state index in [2.05, 4.69) is 4.90 Å². The van der Waals surface area contributed by atoms with Crippen molar-refractivity contribution in [3.8, 4) is 0 Å². The van der Waals surface area contributed by atoms with Crippen molar-refractivity contribution in [1.82, 2.24) is 4.90 Å². The van der Waals surface area contributed by atoms with Gasteiger partial charge in [-0.25, -0.2) is 8.78 Å². The normalized spacial score (nSPS) is 14.3. The van der Waals surface area contributed by atoms with Gasteiger partial charge in [-0.2, -0.15) is 0 Å². The molecule has 1 heterocycles. The molecule has 0 saturated carbocycles. The maximum atomic E-state index is 13.6. The highest BCUT2D eigenvalue weighted by Gasteiger charge is 2.27. The summed E-state index contributed by atoms with van der Waals surface area (Å²) in [6.07, 6.45) is 0. The lowest BCUT2D eigenvalue weighted by atomic mass is 10.2. The molecular formula is C18H17F2N3O2. The summed E-state index contributed by atoms with van der Waals surface area (Å²) in [6.45, 7) is 1.88. The fourth-order valence-corrected chi connectivity index (χ4v) is 2.73. The molecule has 1 aliphatic rings. The van der Waals surface area contributed by atoms with Crippen molar-refractivity contribution >= 4 is 23.2 Å². The van der Waals surface area contributed by atoms with Crippen LogP contribution in [0.25, 0.3) is 0 Å². The number of rotatable bonds is 2. The van der Waals surface area contributed by atoms with Crippen molar-refractivity contribution in [3.63, 3.8) is 0 Å². The van der Waals surface area contributed by atoms with E-state index in [1.807, 2.05) is 35.6 Å². The van der Waals surface area contributed by atoms with Crippen LogP contribution >= 0.6 is 0 Å². The van der Waals surface area contributed by atoms with Gasteiger partial charge in [0.15, 0.2) is 0 Å². The Morgan fingerprint density at radius 2 is 1.44 bits per heavy atom. The molecule has 3 rings (SSSR count). The van der Waals surface area contributed by atoms with E-state index in [0.29, 0.717) is 26.2 Å². The predicted molar refractivity (Wildman–Crippen MR) is 90.2 cm³/mol. The number of hydrogen-bond acceptors (Lipinski definition) is 3. The van der Waals surface area contributed by atoms with Gasteiger partial charge in [0.25, 0.3) is 0 Å². The fraction of sp³-hybridized carbons (Fsp3) is 0.222. The Hall–Kier alpha value is -2.96.